The number of benzene rings is 3. The van der Waals surface area contributed by atoms with Gasteiger partial charge < -0.3 is 5.32 Å². The van der Waals surface area contributed by atoms with Crippen molar-refractivity contribution in [3.05, 3.63) is 94.5 Å². The van der Waals surface area contributed by atoms with Crippen LogP contribution in [0.3, 0.4) is 0 Å². The molecule has 0 fully saturated rings. The van der Waals surface area contributed by atoms with Gasteiger partial charge in [-0.1, -0.05) is 48.0 Å². The molecule has 1 aliphatic rings. The maximum atomic E-state index is 13.0. The van der Waals surface area contributed by atoms with Gasteiger partial charge >= 0.3 is 0 Å². The van der Waals surface area contributed by atoms with E-state index in [2.05, 4.69) is 22.2 Å². The molecule has 5 nitrogen and oxygen atoms in total. The largest absolute Gasteiger partial charge is 0.345 e. The number of hydrogen-bond donors (Lipinski definition) is 2. The minimum absolute atomic E-state index is 0.0357. The van der Waals surface area contributed by atoms with Crippen LogP contribution in [-0.4, -0.2) is 14.3 Å². The second-order valence-corrected chi connectivity index (χ2v) is 9.75. The zero-order valence-electron chi connectivity index (χ0n) is 17.7. The van der Waals surface area contributed by atoms with E-state index in [4.69, 9.17) is 0 Å². The molecule has 2 N–H and O–H groups in total. The van der Waals surface area contributed by atoms with Crippen LogP contribution in [0.5, 0.6) is 0 Å². The highest BCUT2D eigenvalue weighted by Crippen LogP contribution is 2.30. The predicted octanol–water partition coefficient (Wildman–Crippen LogP) is 4.91. The molecule has 0 saturated carbocycles. The summed E-state index contributed by atoms with van der Waals surface area (Å²) in [5, 5.41) is 3.12. The maximum Gasteiger partial charge on any atom is 0.261 e. The molecule has 0 radical (unpaired) electrons. The lowest BCUT2D eigenvalue weighted by atomic mass is 9.87. The van der Waals surface area contributed by atoms with Crippen LogP contribution in [0.15, 0.2) is 71.6 Å². The van der Waals surface area contributed by atoms with Gasteiger partial charge in [0.05, 0.1) is 16.6 Å². The smallest absolute Gasteiger partial charge is 0.261 e. The van der Waals surface area contributed by atoms with E-state index in [-0.39, 0.29) is 16.8 Å². The average molecular weight is 435 g/mol. The molecule has 3 aromatic rings. The van der Waals surface area contributed by atoms with Crippen LogP contribution in [0.25, 0.3) is 0 Å². The Labute approximate surface area is 183 Å². The van der Waals surface area contributed by atoms with E-state index in [0.717, 1.165) is 36.0 Å². The van der Waals surface area contributed by atoms with Gasteiger partial charge in [-0.3, -0.25) is 9.52 Å². The molecule has 160 valence electrons. The minimum atomic E-state index is -3.74. The zero-order valence-corrected chi connectivity index (χ0v) is 18.5. The molecule has 0 heterocycles. The highest BCUT2D eigenvalue weighted by atomic mass is 32.2. The Morgan fingerprint density at radius 3 is 2.48 bits per heavy atom. The SMILES string of the molecule is Cc1ccc(S(=O)(=O)Nc2cc(C(=O)NC3CCCc4ccccc43)ccc2C)cc1. The zero-order chi connectivity index (χ0) is 22.0. The molecular weight excluding hydrogens is 408 g/mol. The van der Waals surface area contributed by atoms with Crippen molar-refractivity contribution < 1.29 is 13.2 Å². The summed E-state index contributed by atoms with van der Waals surface area (Å²) >= 11 is 0. The first-order valence-electron chi connectivity index (χ1n) is 10.4. The molecule has 1 amide bonds. The number of carbonyl (C=O) groups excluding carboxylic acids is 1. The van der Waals surface area contributed by atoms with Gasteiger partial charge in [-0.25, -0.2) is 8.42 Å². The third kappa shape index (κ3) is 4.64. The normalized spacial score (nSPS) is 15.7. The Balaban J connectivity index is 1.55. The third-order valence-electron chi connectivity index (χ3n) is 5.75. The van der Waals surface area contributed by atoms with Gasteiger partial charge in [-0.2, -0.15) is 0 Å². The van der Waals surface area contributed by atoms with Crippen LogP contribution < -0.4 is 10.0 Å². The van der Waals surface area contributed by atoms with Crippen LogP contribution in [0.4, 0.5) is 5.69 Å². The quantitative estimate of drug-likeness (QED) is 0.599. The van der Waals surface area contributed by atoms with Crippen molar-refractivity contribution in [2.24, 2.45) is 0 Å². The Morgan fingerprint density at radius 2 is 1.71 bits per heavy atom. The molecule has 0 bridgehead atoms. The second kappa shape index (κ2) is 8.55. The van der Waals surface area contributed by atoms with Crippen LogP contribution in [0, 0.1) is 13.8 Å². The number of rotatable bonds is 5. The number of fused-ring (bicyclic) bond motifs is 1. The lowest BCUT2D eigenvalue weighted by molar-refractivity contribution is 0.0932. The first-order chi connectivity index (χ1) is 14.8. The summed E-state index contributed by atoms with van der Waals surface area (Å²) in [6, 6.07) is 19.9. The highest BCUT2D eigenvalue weighted by molar-refractivity contribution is 7.92. The van der Waals surface area contributed by atoms with E-state index in [9.17, 15) is 13.2 Å². The predicted molar refractivity (Wildman–Crippen MR) is 123 cm³/mol. The van der Waals surface area contributed by atoms with Gasteiger partial charge in [0.25, 0.3) is 15.9 Å². The van der Waals surface area contributed by atoms with Gasteiger partial charge in [0, 0.05) is 5.56 Å². The summed E-state index contributed by atoms with van der Waals surface area (Å²) < 4.78 is 28.2. The van der Waals surface area contributed by atoms with E-state index >= 15 is 0 Å². The molecule has 0 aliphatic heterocycles. The summed E-state index contributed by atoms with van der Waals surface area (Å²) in [4.78, 5) is 13.2. The Bertz CT molecular complexity index is 1220. The second-order valence-electron chi connectivity index (χ2n) is 8.07. The van der Waals surface area contributed by atoms with Crippen molar-refractivity contribution in [2.45, 2.75) is 44.0 Å². The molecule has 31 heavy (non-hydrogen) atoms. The molecule has 1 unspecified atom stereocenters. The lowest BCUT2D eigenvalue weighted by Crippen LogP contribution is -2.31. The van der Waals surface area contributed by atoms with Crippen molar-refractivity contribution >= 4 is 21.6 Å². The number of anilines is 1. The number of sulfonamides is 1. The summed E-state index contributed by atoms with van der Waals surface area (Å²) in [6.07, 6.45) is 2.94. The first kappa shape index (κ1) is 21.1. The first-order valence-corrected chi connectivity index (χ1v) is 11.9. The van der Waals surface area contributed by atoms with Crippen LogP contribution in [0.2, 0.25) is 0 Å². The van der Waals surface area contributed by atoms with E-state index < -0.39 is 10.0 Å². The fourth-order valence-electron chi connectivity index (χ4n) is 3.94. The van der Waals surface area contributed by atoms with Gasteiger partial charge in [-0.05, 0) is 74.1 Å². The number of hydrogen-bond acceptors (Lipinski definition) is 3. The summed E-state index contributed by atoms with van der Waals surface area (Å²) in [5.74, 6) is -0.211. The molecule has 4 rings (SSSR count). The molecule has 0 spiro atoms. The van der Waals surface area contributed by atoms with E-state index in [1.54, 1.807) is 42.5 Å². The van der Waals surface area contributed by atoms with E-state index in [0.29, 0.717) is 11.3 Å². The minimum Gasteiger partial charge on any atom is -0.345 e. The van der Waals surface area contributed by atoms with E-state index in [1.165, 1.54) is 5.56 Å². The lowest BCUT2D eigenvalue weighted by Gasteiger charge is -2.26. The molecule has 6 heteroatoms. The van der Waals surface area contributed by atoms with Crippen molar-refractivity contribution in [1.82, 2.24) is 5.32 Å². The van der Waals surface area contributed by atoms with E-state index in [1.807, 2.05) is 26.0 Å². The average Bonchev–Trinajstić information content (AvgIpc) is 2.75. The molecule has 1 aliphatic carbocycles. The molecule has 0 saturated heterocycles. The summed E-state index contributed by atoms with van der Waals surface area (Å²) in [7, 11) is -3.74. The standard InChI is InChI=1S/C25H26N2O3S/c1-17-10-14-21(15-11-17)31(29,30)27-24-16-20(13-12-18(24)2)25(28)26-23-9-5-7-19-6-3-4-8-22(19)23/h3-4,6,8,10-16,23,27H,5,7,9H2,1-2H3,(H,26,28). The highest BCUT2D eigenvalue weighted by Gasteiger charge is 2.22. The maximum absolute atomic E-state index is 13.0. The Morgan fingerprint density at radius 1 is 0.968 bits per heavy atom. The number of nitrogens with one attached hydrogen (secondary N) is 2. The third-order valence-corrected chi connectivity index (χ3v) is 7.13. The van der Waals surface area contributed by atoms with Crippen LogP contribution >= 0.6 is 0 Å². The topological polar surface area (TPSA) is 75.3 Å². The fourth-order valence-corrected chi connectivity index (χ4v) is 5.06. The molecule has 3 aromatic carbocycles. The van der Waals surface area contributed by atoms with Gasteiger partial charge in [0.2, 0.25) is 0 Å². The number of carbonyl (C=O) groups is 1. The monoisotopic (exact) mass is 434 g/mol. The van der Waals surface area contributed by atoms with Crippen molar-refractivity contribution in [2.75, 3.05) is 4.72 Å². The fraction of sp³-hybridized carbons (Fsp3) is 0.240. The number of aryl methyl sites for hydroxylation is 3. The summed E-state index contributed by atoms with van der Waals surface area (Å²) in [6.45, 7) is 3.72. The van der Waals surface area contributed by atoms with Gasteiger partial charge in [0.1, 0.15) is 0 Å². The van der Waals surface area contributed by atoms with Crippen molar-refractivity contribution in [3.8, 4) is 0 Å². The van der Waals surface area contributed by atoms with Crippen molar-refractivity contribution in [1.29, 1.82) is 0 Å². The van der Waals surface area contributed by atoms with Crippen molar-refractivity contribution in [3.63, 3.8) is 0 Å². The van der Waals surface area contributed by atoms with Crippen LogP contribution in [-0.2, 0) is 16.4 Å². The van der Waals surface area contributed by atoms with Gasteiger partial charge in [-0.15, -0.1) is 0 Å². The Kier molecular flexibility index (Phi) is 5.83. The van der Waals surface area contributed by atoms with Gasteiger partial charge in [0.15, 0.2) is 0 Å². The molecular formula is C25H26N2O3S. The number of amides is 1. The summed E-state index contributed by atoms with van der Waals surface area (Å²) in [5.41, 5.74) is 4.99. The Hall–Kier alpha value is -3.12. The van der Waals surface area contributed by atoms with Crippen LogP contribution in [0.1, 0.15) is 51.5 Å². The molecule has 0 aromatic heterocycles. The molecule has 1 atom stereocenters.